The molecule has 1 rings (SSSR count). The molecule has 70 valence electrons. The first-order chi connectivity index (χ1) is 6.24. The molecule has 0 saturated carbocycles. The number of benzene rings is 1. The quantitative estimate of drug-likeness (QED) is 0.671. The molecule has 0 saturated heterocycles. The Bertz CT molecular complexity index is 275. The number of rotatable bonds is 3. The van der Waals surface area contributed by atoms with Crippen LogP contribution in [0.5, 0.6) is 0 Å². The van der Waals surface area contributed by atoms with E-state index >= 15 is 0 Å². The second kappa shape index (κ2) is 4.93. The lowest BCUT2D eigenvalue weighted by Crippen LogP contribution is -2.07. The smallest absolute Gasteiger partial charge is 0.0407 e. The fourth-order valence-corrected chi connectivity index (χ4v) is 1.15. The highest BCUT2D eigenvalue weighted by Crippen LogP contribution is 2.12. The molecule has 13 heavy (non-hydrogen) atoms. The molecule has 0 unspecified atom stereocenters. The van der Waals surface area contributed by atoms with Gasteiger partial charge in [-0.2, -0.15) is 0 Å². The lowest BCUT2D eigenvalue weighted by atomic mass is 10.2. The van der Waals surface area contributed by atoms with E-state index in [1.165, 1.54) is 11.3 Å². The third-order valence-corrected chi connectivity index (χ3v) is 1.99. The summed E-state index contributed by atoms with van der Waals surface area (Å²) in [6, 6.07) is 8.35. The van der Waals surface area contributed by atoms with Gasteiger partial charge in [0, 0.05) is 25.7 Å². The maximum absolute atomic E-state index is 5.54. The SMILES string of the molecule is CN(C)c1ccc(/C=C/CCl)cc1. The normalized spacial score (nSPS) is 10.7. The minimum Gasteiger partial charge on any atom is -0.378 e. The van der Waals surface area contributed by atoms with Crippen LogP contribution in [0.3, 0.4) is 0 Å². The first-order valence-corrected chi connectivity index (χ1v) is 4.77. The van der Waals surface area contributed by atoms with E-state index in [9.17, 15) is 0 Å². The van der Waals surface area contributed by atoms with Crippen molar-refractivity contribution < 1.29 is 0 Å². The Morgan fingerprint density at radius 1 is 1.23 bits per heavy atom. The number of alkyl halides is 1. The molecule has 0 aliphatic heterocycles. The molecule has 0 radical (unpaired) electrons. The van der Waals surface area contributed by atoms with Gasteiger partial charge >= 0.3 is 0 Å². The van der Waals surface area contributed by atoms with Gasteiger partial charge in [0.05, 0.1) is 0 Å². The van der Waals surface area contributed by atoms with Crippen molar-refractivity contribution in [3.8, 4) is 0 Å². The van der Waals surface area contributed by atoms with Gasteiger partial charge < -0.3 is 4.90 Å². The van der Waals surface area contributed by atoms with Crippen LogP contribution in [-0.4, -0.2) is 20.0 Å². The van der Waals surface area contributed by atoms with E-state index in [4.69, 9.17) is 11.6 Å². The van der Waals surface area contributed by atoms with Crippen molar-refractivity contribution in [2.75, 3.05) is 24.9 Å². The monoisotopic (exact) mass is 195 g/mol. The van der Waals surface area contributed by atoms with Crippen LogP contribution in [0.25, 0.3) is 6.08 Å². The van der Waals surface area contributed by atoms with E-state index in [2.05, 4.69) is 29.2 Å². The van der Waals surface area contributed by atoms with E-state index in [0.717, 1.165) is 0 Å². The number of nitrogens with zero attached hydrogens (tertiary/aromatic N) is 1. The van der Waals surface area contributed by atoms with E-state index < -0.39 is 0 Å². The number of hydrogen-bond donors (Lipinski definition) is 0. The van der Waals surface area contributed by atoms with Gasteiger partial charge in [-0.3, -0.25) is 0 Å². The summed E-state index contributed by atoms with van der Waals surface area (Å²) in [5, 5.41) is 0. The van der Waals surface area contributed by atoms with Crippen molar-refractivity contribution in [3.05, 3.63) is 35.9 Å². The Hall–Kier alpha value is -0.950. The average molecular weight is 196 g/mol. The Balaban J connectivity index is 2.75. The fourth-order valence-electron chi connectivity index (χ4n) is 1.06. The molecule has 0 N–H and O–H groups in total. The molecule has 0 aliphatic rings. The zero-order valence-corrected chi connectivity index (χ0v) is 8.75. The average Bonchev–Trinajstić information content (AvgIpc) is 2.15. The van der Waals surface area contributed by atoms with Crippen molar-refractivity contribution >= 4 is 23.4 Å². The molecule has 0 aliphatic carbocycles. The lowest BCUT2D eigenvalue weighted by molar-refractivity contribution is 1.13. The predicted molar refractivity (Wildman–Crippen MR) is 60.5 cm³/mol. The number of hydrogen-bond acceptors (Lipinski definition) is 1. The summed E-state index contributed by atoms with van der Waals surface area (Å²) in [7, 11) is 4.06. The van der Waals surface area contributed by atoms with Crippen LogP contribution in [-0.2, 0) is 0 Å². The molecule has 2 heteroatoms. The summed E-state index contributed by atoms with van der Waals surface area (Å²) < 4.78 is 0. The summed E-state index contributed by atoms with van der Waals surface area (Å²) >= 11 is 5.54. The molecule has 0 aromatic heterocycles. The number of halogens is 1. The van der Waals surface area contributed by atoms with Crippen molar-refractivity contribution in [1.82, 2.24) is 0 Å². The highest BCUT2D eigenvalue weighted by molar-refractivity contribution is 6.19. The third-order valence-electron chi connectivity index (χ3n) is 1.81. The van der Waals surface area contributed by atoms with Gasteiger partial charge in [0.1, 0.15) is 0 Å². The highest BCUT2D eigenvalue weighted by Gasteiger charge is 1.92. The molecular weight excluding hydrogens is 182 g/mol. The van der Waals surface area contributed by atoms with E-state index in [1.54, 1.807) is 0 Å². The Labute approximate surface area is 84.6 Å². The van der Waals surface area contributed by atoms with Gasteiger partial charge in [-0.05, 0) is 17.7 Å². The first kappa shape index (κ1) is 10.1. The topological polar surface area (TPSA) is 3.24 Å². The lowest BCUT2D eigenvalue weighted by Gasteiger charge is -2.11. The van der Waals surface area contributed by atoms with Crippen molar-refractivity contribution in [2.24, 2.45) is 0 Å². The van der Waals surface area contributed by atoms with Crippen molar-refractivity contribution in [1.29, 1.82) is 0 Å². The summed E-state index contributed by atoms with van der Waals surface area (Å²) in [6.45, 7) is 0. The maximum atomic E-state index is 5.54. The van der Waals surface area contributed by atoms with Crippen LogP contribution in [0.15, 0.2) is 30.3 Å². The Morgan fingerprint density at radius 2 is 1.85 bits per heavy atom. The van der Waals surface area contributed by atoms with Gasteiger partial charge in [-0.25, -0.2) is 0 Å². The van der Waals surface area contributed by atoms with Gasteiger partial charge in [0.2, 0.25) is 0 Å². The molecule has 0 bridgehead atoms. The van der Waals surface area contributed by atoms with Crippen molar-refractivity contribution in [3.63, 3.8) is 0 Å². The minimum atomic E-state index is 0.565. The number of anilines is 1. The number of allylic oxidation sites excluding steroid dienone is 1. The van der Waals surface area contributed by atoms with Crippen LogP contribution in [0, 0.1) is 0 Å². The summed E-state index contributed by atoms with van der Waals surface area (Å²) in [4.78, 5) is 2.08. The molecule has 1 aromatic carbocycles. The molecule has 1 nitrogen and oxygen atoms in total. The zero-order chi connectivity index (χ0) is 9.68. The third kappa shape index (κ3) is 3.11. The van der Waals surface area contributed by atoms with Crippen LogP contribution >= 0.6 is 11.6 Å². The fraction of sp³-hybridized carbons (Fsp3) is 0.273. The molecule has 0 amide bonds. The van der Waals surface area contributed by atoms with Crippen LogP contribution in [0.4, 0.5) is 5.69 Å². The molecule has 0 spiro atoms. The minimum absolute atomic E-state index is 0.565. The molecule has 0 heterocycles. The second-order valence-electron chi connectivity index (χ2n) is 3.04. The summed E-state index contributed by atoms with van der Waals surface area (Å²) in [5.41, 5.74) is 2.40. The zero-order valence-electron chi connectivity index (χ0n) is 8.00. The van der Waals surface area contributed by atoms with Gasteiger partial charge in [0.15, 0.2) is 0 Å². The van der Waals surface area contributed by atoms with Crippen LogP contribution in [0.1, 0.15) is 5.56 Å². The van der Waals surface area contributed by atoms with Crippen molar-refractivity contribution in [2.45, 2.75) is 0 Å². The van der Waals surface area contributed by atoms with Crippen LogP contribution < -0.4 is 4.90 Å². The largest absolute Gasteiger partial charge is 0.378 e. The Morgan fingerprint density at radius 3 is 2.31 bits per heavy atom. The Kier molecular flexibility index (Phi) is 3.84. The van der Waals surface area contributed by atoms with Gasteiger partial charge in [-0.1, -0.05) is 24.3 Å². The molecule has 0 atom stereocenters. The van der Waals surface area contributed by atoms with Gasteiger partial charge in [-0.15, -0.1) is 11.6 Å². The highest BCUT2D eigenvalue weighted by atomic mass is 35.5. The molecule has 1 aromatic rings. The summed E-state index contributed by atoms with van der Waals surface area (Å²) in [5.74, 6) is 0.565. The standard InChI is InChI=1S/C11H14ClN/c1-13(2)11-7-5-10(6-8-11)4-3-9-12/h3-8H,9H2,1-2H3/b4-3+. The predicted octanol–water partition coefficient (Wildman–Crippen LogP) is 3.00. The summed E-state index contributed by atoms with van der Waals surface area (Å²) in [6.07, 6.45) is 3.96. The van der Waals surface area contributed by atoms with E-state index in [0.29, 0.717) is 5.88 Å². The second-order valence-corrected chi connectivity index (χ2v) is 3.35. The van der Waals surface area contributed by atoms with E-state index in [1.807, 2.05) is 26.2 Å². The molecular formula is C11H14ClN. The van der Waals surface area contributed by atoms with Crippen LogP contribution in [0.2, 0.25) is 0 Å². The first-order valence-electron chi connectivity index (χ1n) is 4.24. The molecule has 0 fully saturated rings. The van der Waals surface area contributed by atoms with E-state index in [-0.39, 0.29) is 0 Å². The maximum Gasteiger partial charge on any atom is 0.0407 e. The van der Waals surface area contributed by atoms with Gasteiger partial charge in [0.25, 0.3) is 0 Å².